The van der Waals surface area contributed by atoms with Crippen LogP contribution in [-0.2, 0) is 0 Å². The summed E-state index contributed by atoms with van der Waals surface area (Å²) in [5.74, 6) is 1.19. The number of hydrogen-bond acceptors (Lipinski definition) is 1. The first-order valence-corrected chi connectivity index (χ1v) is 4.31. The molecule has 0 aliphatic carbocycles. The predicted molar refractivity (Wildman–Crippen MR) is 48.7 cm³/mol. The fourth-order valence-corrected chi connectivity index (χ4v) is 1.48. The van der Waals surface area contributed by atoms with E-state index in [1.54, 1.807) is 6.20 Å². The van der Waals surface area contributed by atoms with Crippen LogP contribution >= 0.6 is 0 Å². The van der Waals surface area contributed by atoms with Crippen LogP contribution in [0.1, 0.15) is 26.2 Å². The standard InChI is InChI=1S/C9H16N2/c1-3-9(10-4-2)11-7-5-6-8-11/h4H,2-3,5-8H2,1H3. The number of nitrogens with zero attached hydrogens (tertiary/aromatic N) is 2. The van der Waals surface area contributed by atoms with E-state index in [0.29, 0.717) is 0 Å². The smallest absolute Gasteiger partial charge is 0.104 e. The first-order valence-electron chi connectivity index (χ1n) is 4.31. The zero-order valence-corrected chi connectivity index (χ0v) is 7.21. The molecule has 0 aromatic heterocycles. The molecule has 0 saturated carbocycles. The minimum atomic E-state index is 1.02. The van der Waals surface area contributed by atoms with Crippen molar-refractivity contribution in [1.82, 2.24) is 4.90 Å². The molecule has 0 spiro atoms. The predicted octanol–water partition coefficient (Wildman–Crippen LogP) is 2.03. The summed E-state index contributed by atoms with van der Waals surface area (Å²) in [6.07, 6.45) is 5.29. The molecule has 1 rings (SSSR count). The van der Waals surface area contributed by atoms with Crippen molar-refractivity contribution in [3.8, 4) is 0 Å². The van der Waals surface area contributed by atoms with Crippen LogP contribution in [0.15, 0.2) is 17.8 Å². The Morgan fingerprint density at radius 1 is 1.55 bits per heavy atom. The van der Waals surface area contributed by atoms with Gasteiger partial charge in [0.25, 0.3) is 0 Å². The Bertz CT molecular complexity index is 155. The molecule has 1 aliphatic heterocycles. The molecule has 0 aromatic rings. The lowest BCUT2D eigenvalue weighted by molar-refractivity contribution is 0.509. The van der Waals surface area contributed by atoms with E-state index < -0.39 is 0 Å². The number of rotatable bonds is 2. The molecule has 2 heteroatoms. The average molecular weight is 152 g/mol. The lowest BCUT2D eigenvalue weighted by Crippen LogP contribution is -2.26. The van der Waals surface area contributed by atoms with Crippen LogP contribution in [0.5, 0.6) is 0 Å². The summed E-state index contributed by atoms with van der Waals surface area (Å²) < 4.78 is 0. The fraction of sp³-hybridized carbons (Fsp3) is 0.667. The number of hydrogen-bond donors (Lipinski definition) is 0. The summed E-state index contributed by atoms with van der Waals surface area (Å²) in [7, 11) is 0. The van der Waals surface area contributed by atoms with Gasteiger partial charge < -0.3 is 4.90 Å². The van der Waals surface area contributed by atoms with Crippen molar-refractivity contribution in [3.63, 3.8) is 0 Å². The lowest BCUT2D eigenvalue weighted by Gasteiger charge is -2.17. The van der Waals surface area contributed by atoms with E-state index in [-0.39, 0.29) is 0 Å². The second kappa shape index (κ2) is 4.16. The van der Waals surface area contributed by atoms with Crippen molar-refractivity contribution in [1.29, 1.82) is 0 Å². The molecule has 1 fully saturated rings. The van der Waals surface area contributed by atoms with E-state index in [0.717, 1.165) is 6.42 Å². The highest BCUT2D eigenvalue weighted by Gasteiger charge is 2.13. The molecule has 62 valence electrons. The molecule has 0 N–H and O–H groups in total. The van der Waals surface area contributed by atoms with Gasteiger partial charge in [-0.05, 0) is 12.8 Å². The van der Waals surface area contributed by atoms with Crippen LogP contribution in [0.25, 0.3) is 0 Å². The third-order valence-corrected chi connectivity index (χ3v) is 2.03. The van der Waals surface area contributed by atoms with E-state index in [2.05, 4.69) is 23.4 Å². The first kappa shape index (κ1) is 8.31. The normalized spacial score (nSPS) is 19.0. The molecule has 1 heterocycles. The van der Waals surface area contributed by atoms with Crippen molar-refractivity contribution in [3.05, 3.63) is 12.8 Å². The summed E-state index contributed by atoms with van der Waals surface area (Å²) in [5.41, 5.74) is 0. The SMILES string of the molecule is C=CN=C(CC)N1CCCC1. The van der Waals surface area contributed by atoms with Crippen molar-refractivity contribution < 1.29 is 0 Å². The Morgan fingerprint density at radius 3 is 2.64 bits per heavy atom. The maximum absolute atomic E-state index is 4.23. The van der Waals surface area contributed by atoms with Gasteiger partial charge in [0, 0.05) is 25.7 Å². The molecule has 1 aliphatic rings. The number of likely N-dealkylation sites (tertiary alicyclic amines) is 1. The molecule has 2 nitrogen and oxygen atoms in total. The number of amidine groups is 1. The molecule has 0 radical (unpaired) electrons. The Balaban J connectivity index is 2.53. The van der Waals surface area contributed by atoms with E-state index >= 15 is 0 Å². The summed E-state index contributed by atoms with van der Waals surface area (Å²) in [6.45, 7) is 8.11. The van der Waals surface area contributed by atoms with Gasteiger partial charge in [-0.3, -0.25) is 0 Å². The van der Waals surface area contributed by atoms with E-state index in [9.17, 15) is 0 Å². The fourth-order valence-electron chi connectivity index (χ4n) is 1.48. The topological polar surface area (TPSA) is 15.6 Å². The van der Waals surface area contributed by atoms with E-state index in [1.807, 2.05) is 0 Å². The molecule has 1 saturated heterocycles. The average Bonchev–Trinajstić information content (AvgIpc) is 2.52. The quantitative estimate of drug-likeness (QED) is 0.436. The lowest BCUT2D eigenvalue weighted by atomic mass is 10.4. The Kier molecular flexibility index (Phi) is 3.14. The third kappa shape index (κ3) is 2.07. The van der Waals surface area contributed by atoms with Crippen LogP contribution in [-0.4, -0.2) is 23.8 Å². The Hall–Kier alpha value is -0.790. The van der Waals surface area contributed by atoms with Gasteiger partial charge in [-0.25, -0.2) is 4.99 Å². The van der Waals surface area contributed by atoms with Crippen molar-refractivity contribution in [2.75, 3.05) is 13.1 Å². The zero-order chi connectivity index (χ0) is 8.10. The van der Waals surface area contributed by atoms with Gasteiger partial charge in [-0.1, -0.05) is 13.5 Å². The van der Waals surface area contributed by atoms with Crippen LogP contribution in [0.3, 0.4) is 0 Å². The van der Waals surface area contributed by atoms with Gasteiger partial charge in [-0.15, -0.1) is 0 Å². The van der Waals surface area contributed by atoms with Crippen LogP contribution in [0, 0.1) is 0 Å². The molecular formula is C9H16N2. The van der Waals surface area contributed by atoms with Crippen molar-refractivity contribution in [2.45, 2.75) is 26.2 Å². The minimum absolute atomic E-state index is 1.02. The largest absolute Gasteiger partial charge is 0.360 e. The molecule has 0 unspecified atom stereocenters. The van der Waals surface area contributed by atoms with E-state index in [1.165, 1.54) is 31.8 Å². The zero-order valence-electron chi connectivity index (χ0n) is 7.21. The molecule has 0 amide bonds. The molecule has 0 atom stereocenters. The number of aliphatic imine (C=N–C) groups is 1. The van der Waals surface area contributed by atoms with Gasteiger partial charge >= 0.3 is 0 Å². The highest BCUT2D eigenvalue weighted by Crippen LogP contribution is 2.09. The first-order chi connectivity index (χ1) is 5.38. The maximum Gasteiger partial charge on any atom is 0.104 e. The third-order valence-electron chi connectivity index (χ3n) is 2.03. The highest BCUT2D eigenvalue weighted by atomic mass is 15.2. The molecular weight excluding hydrogens is 136 g/mol. The summed E-state index contributed by atoms with van der Waals surface area (Å²) in [5, 5.41) is 0. The Labute approximate surface area is 68.6 Å². The summed E-state index contributed by atoms with van der Waals surface area (Å²) in [6, 6.07) is 0. The van der Waals surface area contributed by atoms with Crippen LogP contribution in [0.4, 0.5) is 0 Å². The van der Waals surface area contributed by atoms with E-state index in [4.69, 9.17) is 0 Å². The van der Waals surface area contributed by atoms with Crippen molar-refractivity contribution in [2.24, 2.45) is 4.99 Å². The molecule has 11 heavy (non-hydrogen) atoms. The minimum Gasteiger partial charge on any atom is -0.360 e. The summed E-state index contributed by atoms with van der Waals surface area (Å²) >= 11 is 0. The van der Waals surface area contributed by atoms with Crippen LogP contribution < -0.4 is 0 Å². The van der Waals surface area contributed by atoms with Crippen LogP contribution in [0.2, 0.25) is 0 Å². The van der Waals surface area contributed by atoms with Gasteiger partial charge in [0.1, 0.15) is 5.84 Å². The second-order valence-electron chi connectivity index (χ2n) is 2.78. The monoisotopic (exact) mass is 152 g/mol. The maximum atomic E-state index is 4.23. The molecule has 0 aromatic carbocycles. The van der Waals surface area contributed by atoms with Gasteiger partial charge in [0.15, 0.2) is 0 Å². The second-order valence-corrected chi connectivity index (χ2v) is 2.78. The van der Waals surface area contributed by atoms with Gasteiger partial charge in [-0.2, -0.15) is 0 Å². The van der Waals surface area contributed by atoms with Gasteiger partial charge in [0.05, 0.1) is 0 Å². The Morgan fingerprint density at radius 2 is 2.18 bits per heavy atom. The summed E-state index contributed by atoms with van der Waals surface area (Å²) in [4.78, 5) is 6.58. The highest BCUT2D eigenvalue weighted by molar-refractivity contribution is 5.82. The van der Waals surface area contributed by atoms with Crippen molar-refractivity contribution >= 4 is 5.84 Å². The molecule has 0 bridgehead atoms. The van der Waals surface area contributed by atoms with Gasteiger partial charge in [0.2, 0.25) is 0 Å².